The van der Waals surface area contributed by atoms with Crippen LogP contribution in [-0.4, -0.2) is 40.7 Å². The molecule has 3 aromatic carbocycles. The number of methoxy groups -OCH3 is 2. The zero-order chi connectivity index (χ0) is 27.0. The van der Waals surface area contributed by atoms with Gasteiger partial charge in [0.2, 0.25) is 9.84 Å². The van der Waals surface area contributed by atoms with E-state index >= 15 is 0 Å². The number of aryl methyl sites for hydroxylation is 1. The van der Waals surface area contributed by atoms with E-state index in [0.717, 1.165) is 29.2 Å². The average Bonchev–Trinajstić information content (AvgIpc) is 2.91. The van der Waals surface area contributed by atoms with Crippen molar-refractivity contribution in [3.05, 3.63) is 107 Å². The topological polar surface area (TPSA) is 116 Å². The summed E-state index contributed by atoms with van der Waals surface area (Å²) in [6, 6.07) is 18.8. The molecule has 0 atom stereocenters. The van der Waals surface area contributed by atoms with Crippen LogP contribution in [0.5, 0.6) is 0 Å². The summed E-state index contributed by atoms with van der Waals surface area (Å²) in [6.07, 6.45) is 0.0254. The number of rotatable bonds is 8. The molecule has 0 fully saturated rings. The Bertz CT molecular complexity index is 1410. The molecule has 3 aromatic rings. The van der Waals surface area contributed by atoms with Gasteiger partial charge in [0.05, 0.1) is 41.3 Å². The van der Waals surface area contributed by atoms with E-state index < -0.39 is 27.9 Å². The summed E-state index contributed by atoms with van der Waals surface area (Å²) in [5.74, 6) is -1.58. The minimum absolute atomic E-state index is 0.0150. The average molecular weight is 524 g/mol. The highest BCUT2D eigenvalue weighted by atomic mass is 32.2. The minimum Gasteiger partial charge on any atom is -0.465 e. The lowest BCUT2D eigenvalue weighted by Crippen LogP contribution is -2.28. The van der Waals surface area contributed by atoms with E-state index in [1.807, 2.05) is 13.0 Å². The number of anilines is 1. The van der Waals surface area contributed by atoms with Gasteiger partial charge in [0.1, 0.15) is 6.61 Å². The van der Waals surface area contributed by atoms with Crippen LogP contribution < -0.4 is 4.90 Å². The van der Waals surface area contributed by atoms with E-state index in [1.54, 1.807) is 36.4 Å². The summed E-state index contributed by atoms with van der Waals surface area (Å²) in [4.78, 5) is 38.6. The van der Waals surface area contributed by atoms with Crippen LogP contribution >= 0.6 is 0 Å². The summed E-state index contributed by atoms with van der Waals surface area (Å²) in [5.41, 5.74) is 1.36. The first-order valence-corrected chi connectivity index (χ1v) is 12.5. The maximum absolute atomic E-state index is 13.2. The molecule has 0 aliphatic carbocycles. The Hall–Kier alpha value is -4.44. The lowest BCUT2D eigenvalue weighted by atomic mass is 10.1. The molecule has 0 unspecified atom stereocenters. The molecule has 0 heterocycles. The SMILES string of the molecule is COC(=O)c1ccc(N(/C=C/S(=O)(=O)c2ccc(C)cc2)C(=O)OCc2ccccc2)c(C(=O)OC)c1. The second-order valence-electron chi connectivity index (χ2n) is 7.77. The molecule has 0 aliphatic heterocycles. The van der Waals surface area contributed by atoms with Gasteiger partial charge in [-0.15, -0.1) is 0 Å². The van der Waals surface area contributed by atoms with E-state index in [4.69, 9.17) is 14.2 Å². The largest absolute Gasteiger partial charge is 0.465 e. The van der Waals surface area contributed by atoms with Crippen LogP contribution in [0.15, 0.2) is 89.3 Å². The molecule has 10 heteroatoms. The Morgan fingerprint density at radius 3 is 2.14 bits per heavy atom. The normalized spacial score (nSPS) is 11.1. The predicted molar refractivity (Wildman–Crippen MR) is 136 cm³/mol. The first-order chi connectivity index (χ1) is 17.7. The van der Waals surface area contributed by atoms with Gasteiger partial charge in [0.25, 0.3) is 0 Å². The number of benzene rings is 3. The van der Waals surface area contributed by atoms with Gasteiger partial charge in [-0.1, -0.05) is 48.0 Å². The molecule has 0 aliphatic rings. The Labute approximate surface area is 214 Å². The Morgan fingerprint density at radius 1 is 0.865 bits per heavy atom. The van der Waals surface area contributed by atoms with Gasteiger partial charge in [-0.2, -0.15) is 0 Å². The number of sulfone groups is 1. The molecular weight excluding hydrogens is 498 g/mol. The quantitative estimate of drug-likeness (QED) is 0.309. The first kappa shape index (κ1) is 27.2. The van der Waals surface area contributed by atoms with Crippen LogP contribution in [0.25, 0.3) is 0 Å². The van der Waals surface area contributed by atoms with Gasteiger partial charge in [-0.3, -0.25) is 4.90 Å². The summed E-state index contributed by atoms with van der Waals surface area (Å²) in [6.45, 7) is 1.71. The van der Waals surface area contributed by atoms with Crippen molar-refractivity contribution < 1.29 is 37.0 Å². The number of nitrogens with zero attached hydrogens (tertiary/aromatic N) is 1. The van der Waals surface area contributed by atoms with Crippen molar-refractivity contribution in [2.45, 2.75) is 18.4 Å². The summed E-state index contributed by atoms with van der Waals surface area (Å²) in [5, 5.41) is 0.830. The van der Waals surface area contributed by atoms with Crippen LogP contribution in [0.1, 0.15) is 31.8 Å². The second-order valence-corrected chi connectivity index (χ2v) is 9.60. The van der Waals surface area contributed by atoms with Crippen molar-refractivity contribution in [1.29, 1.82) is 0 Å². The van der Waals surface area contributed by atoms with Gasteiger partial charge in [0.15, 0.2) is 0 Å². The molecule has 37 heavy (non-hydrogen) atoms. The minimum atomic E-state index is -3.97. The van der Waals surface area contributed by atoms with Crippen molar-refractivity contribution in [2.75, 3.05) is 19.1 Å². The fourth-order valence-corrected chi connectivity index (χ4v) is 4.19. The number of carbonyl (C=O) groups excluding carboxylic acids is 3. The molecule has 0 saturated heterocycles. The Morgan fingerprint density at radius 2 is 1.51 bits per heavy atom. The van der Waals surface area contributed by atoms with Gasteiger partial charge in [0, 0.05) is 6.20 Å². The molecule has 0 spiro atoms. The van der Waals surface area contributed by atoms with E-state index in [9.17, 15) is 22.8 Å². The zero-order valence-electron chi connectivity index (χ0n) is 20.4. The van der Waals surface area contributed by atoms with Crippen LogP contribution in [0.4, 0.5) is 10.5 Å². The molecule has 0 bridgehead atoms. The van der Waals surface area contributed by atoms with E-state index in [0.29, 0.717) is 5.56 Å². The molecule has 3 rings (SSSR count). The second kappa shape index (κ2) is 12.0. The van der Waals surface area contributed by atoms with Crippen molar-refractivity contribution in [3.8, 4) is 0 Å². The van der Waals surface area contributed by atoms with E-state index in [2.05, 4.69) is 0 Å². The maximum Gasteiger partial charge on any atom is 0.418 e. The number of ether oxygens (including phenoxy) is 3. The highest BCUT2D eigenvalue weighted by Crippen LogP contribution is 2.26. The van der Waals surface area contributed by atoms with Crippen molar-refractivity contribution >= 4 is 33.6 Å². The summed E-state index contributed by atoms with van der Waals surface area (Å²) in [7, 11) is -1.65. The monoisotopic (exact) mass is 523 g/mol. The van der Waals surface area contributed by atoms with Crippen LogP contribution in [-0.2, 0) is 30.7 Å². The van der Waals surface area contributed by atoms with Crippen LogP contribution in [0, 0.1) is 6.92 Å². The highest BCUT2D eigenvalue weighted by molar-refractivity contribution is 7.94. The number of hydrogen-bond acceptors (Lipinski definition) is 8. The van der Waals surface area contributed by atoms with Crippen LogP contribution in [0.3, 0.4) is 0 Å². The standard InChI is InChI=1S/C27H25NO8S/c1-19-9-12-22(13-10-19)37(32,33)16-15-28(27(31)36-18-20-7-5-4-6-8-20)24-14-11-21(25(29)34-2)17-23(24)26(30)35-3/h4-17H,18H2,1-3H3/b16-15+. The molecule has 1 amide bonds. The summed E-state index contributed by atoms with van der Waals surface area (Å²) >= 11 is 0. The molecule has 0 radical (unpaired) electrons. The molecule has 192 valence electrons. The third kappa shape index (κ3) is 6.83. The Kier molecular flexibility index (Phi) is 8.81. The van der Waals surface area contributed by atoms with E-state index in [-0.39, 0.29) is 28.3 Å². The smallest absolute Gasteiger partial charge is 0.418 e. The van der Waals surface area contributed by atoms with Gasteiger partial charge in [-0.05, 0) is 42.8 Å². The number of esters is 2. The number of hydrogen-bond donors (Lipinski definition) is 0. The predicted octanol–water partition coefficient (Wildman–Crippen LogP) is 4.66. The fraction of sp³-hybridized carbons (Fsp3) is 0.148. The number of amides is 1. The van der Waals surface area contributed by atoms with Gasteiger partial charge >= 0.3 is 18.0 Å². The van der Waals surface area contributed by atoms with Crippen molar-refractivity contribution in [2.24, 2.45) is 0 Å². The maximum atomic E-state index is 13.2. The van der Waals surface area contributed by atoms with Crippen molar-refractivity contribution in [3.63, 3.8) is 0 Å². The number of carbonyl (C=O) groups is 3. The zero-order valence-corrected chi connectivity index (χ0v) is 21.2. The fourth-order valence-electron chi connectivity index (χ4n) is 3.24. The van der Waals surface area contributed by atoms with Gasteiger partial charge in [-0.25, -0.2) is 22.8 Å². The van der Waals surface area contributed by atoms with Gasteiger partial charge < -0.3 is 14.2 Å². The first-order valence-electron chi connectivity index (χ1n) is 11.0. The molecule has 0 saturated carbocycles. The molecule has 0 aromatic heterocycles. The third-order valence-corrected chi connectivity index (χ3v) is 6.63. The Balaban J connectivity index is 2.06. The van der Waals surface area contributed by atoms with E-state index in [1.165, 1.54) is 37.4 Å². The molecule has 9 nitrogen and oxygen atoms in total. The third-order valence-electron chi connectivity index (χ3n) is 5.22. The van der Waals surface area contributed by atoms with Crippen LogP contribution in [0.2, 0.25) is 0 Å². The summed E-state index contributed by atoms with van der Waals surface area (Å²) < 4.78 is 40.8. The highest BCUT2D eigenvalue weighted by Gasteiger charge is 2.25. The molecule has 0 N–H and O–H groups in total. The van der Waals surface area contributed by atoms with Crippen molar-refractivity contribution in [1.82, 2.24) is 0 Å². The molecular formula is C27H25NO8S. The lowest BCUT2D eigenvalue weighted by Gasteiger charge is -2.21. The lowest BCUT2D eigenvalue weighted by molar-refractivity contribution is 0.0600.